The van der Waals surface area contributed by atoms with Crippen molar-refractivity contribution in [3.05, 3.63) is 42.2 Å². The molecule has 0 unspecified atom stereocenters. The van der Waals surface area contributed by atoms with E-state index in [4.69, 9.17) is 4.74 Å². The molecule has 3 aromatic heterocycles. The van der Waals surface area contributed by atoms with Crippen molar-refractivity contribution in [2.24, 2.45) is 0 Å². The van der Waals surface area contributed by atoms with Crippen LogP contribution in [0, 0.1) is 0 Å². The van der Waals surface area contributed by atoms with Gasteiger partial charge in [-0.2, -0.15) is 4.52 Å². The summed E-state index contributed by atoms with van der Waals surface area (Å²) in [6.45, 7) is 2.88. The third-order valence-electron chi connectivity index (χ3n) is 4.45. The van der Waals surface area contributed by atoms with Gasteiger partial charge < -0.3 is 4.74 Å². The Morgan fingerprint density at radius 3 is 2.79 bits per heavy atom. The molecule has 0 N–H and O–H groups in total. The molecule has 0 spiro atoms. The zero-order valence-electron chi connectivity index (χ0n) is 13.5. The predicted octanol–water partition coefficient (Wildman–Crippen LogP) is 1.30. The summed E-state index contributed by atoms with van der Waals surface area (Å²) in [7, 11) is 1.61. The maximum Gasteiger partial charge on any atom is 0.231 e. The van der Waals surface area contributed by atoms with Crippen LogP contribution in [0.25, 0.3) is 5.65 Å². The zero-order valence-corrected chi connectivity index (χ0v) is 13.5. The van der Waals surface area contributed by atoms with E-state index < -0.39 is 0 Å². The summed E-state index contributed by atoms with van der Waals surface area (Å²) < 4.78 is 7.02. The van der Waals surface area contributed by atoms with Crippen LogP contribution in [0.1, 0.15) is 30.3 Å². The van der Waals surface area contributed by atoms with Gasteiger partial charge in [0, 0.05) is 24.7 Å². The van der Waals surface area contributed by atoms with E-state index in [2.05, 4.69) is 30.2 Å². The van der Waals surface area contributed by atoms with E-state index in [1.165, 1.54) is 0 Å². The van der Waals surface area contributed by atoms with Crippen molar-refractivity contribution in [1.82, 2.24) is 34.7 Å². The first-order valence-electron chi connectivity index (χ1n) is 8.07. The number of aromatic nitrogens is 6. The van der Waals surface area contributed by atoms with E-state index in [0.717, 1.165) is 49.6 Å². The fourth-order valence-electron chi connectivity index (χ4n) is 3.14. The first-order valence-corrected chi connectivity index (χ1v) is 8.07. The van der Waals surface area contributed by atoms with Gasteiger partial charge in [-0.15, -0.1) is 15.3 Å². The molecule has 1 saturated heterocycles. The third kappa shape index (κ3) is 2.92. The summed E-state index contributed by atoms with van der Waals surface area (Å²) in [6.07, 6.45) is 5.45. The van der Waals surface area contributed by atoms with Crippen LogP contribution in [0.4, 0.5) is 0 Å². The minimum Gasteiger partial charge on any atom is -0.480 e. The van der Waals surface area contributed by atoms with Crippen molar-refractivity contribution in [3.63, 3.8) is 0 Å². The Bertz CT molecular complexity index is 812. The van der Waals surface area contributed by atoms with Gasteiger partial charge in [-0.1, -0.05) is 0 Å². The smallest absolute Gasteiger partial charge is 0.231 e. The maximum absolute atomic E-state index is 5.21. The second-order valence-electron chi connectivity index (χ2n) is 5.96. The Balaban J connectivity index is 1.46. The lowest BCUT2D eigenvalue weighted by Gasteiger charge is -2.30. The Morgan fingerprint density at radius 1 is 1.17 bits per heavy atom. The van der Waals surface area contributed by atoms with Gasteiger partial charge in [0.15, 0.2) is 11.5 Å². The molecule has 24 heavy (non-hydrogen) atoms. The first kappa shape index (κ1) is 14.9. The van der Waals surface area contributed by atoms with Crippen molar-refractivity contribution in [1.29, 1.82) is 0 Å². The van der Waals surface area contributed by atoms with E-state index in [-0.39, 0.29) is 0 Å². The van der Waals surface area contributed by atoms with Gasteiger partial charge in [0.2, 0.25) is 5.88 Å². The maximum atomic E-state index is 5.21. The molecule has 8 heteroatoms. The number of fused-ring (bicyclic) bond motifs is 1. The van der Waals surface area contributed by atoms with Crippen LogP contribution in [0.2, 0.25) is 0 Å². The summed E-state index contributed by atoms with van der Waals surface area (Å²) in [4.78, 5) is 10.7. The van der Waals surface area contributed by atoms with Gasteiger partial charge in [0.05, 0.1) is 12.8 Å². The molecule has 1 fully saturated rings. The van der Waals surface area contributed by atoms with E-state index >= 15 is 0 Å². The van der Waals surface area contributed by atoms with Crippen LogP contribution in [-0.2, 0) is 6.54 Å². The molecule has 0 aromatic carbocycles. The summed E-state index contributed by atoms with van der Waals surface area (Å²) in [5, 5.41) is 13.0. The van der Waals surface area contributed by atoms with Gasteiger partial charge in [-0.3, -0.25) is 4.90 Å². The van der Waals surface area contributed by atoms with E-state index in [1.807, 2.05) is 16.6 Å². The second-order valence-corrected chi connectivity index (χ2v) is 5.96. The van der Waals surface area contributed by atoms with Gasteiger partial charge in [0.25, 0.3) is 0 Å². The molecule has 0 radical (unpaired) electrons. The molecule has 1 aliphatic heterocycles. The number of hydrogen-bond acceptors (Lipinski definition) is 7. The Kier molecular flexibility index (Phi) is 4.04. The molecule has 4 rings (SSSR count). The van der Waals surface area contributed by atoms with Crippen molar-refractivity contribution < 1.29 is 4.74 Å². The lowest BCUT2D eigenvalue weighted by molar-refractivity contribution is 0.198. The Hall–Kier alpha value is -2.61. The van der Waals surface area contributed by atoms with Crippen molar-refractivity contribution in [2.45, 2.75) is 25.3 Å². The van der Waals surface area contributed by atoms with Crippen LogP contribution in [-0.4, -0.2) is 54.9 Å². The minimum atomic E-state index is 0.362. The van der Waals surface area contributed by atoms with Crippen LogP contribution in [0.3, 0.4) is 0 Å². The second kappa shape index (κ2) is 6.48. The molecule has 0 aliphatic carbocycles. The average molecular weight is 325 g/mol. The summed E-state index contributed by atoms with van der Waals surface area (Å²) >= 11 is 0. The summed E-state index contributed by atoms with van der Waals surface area (Å²) in [6, 6.07) is 5.65. The van der Waals surface area contributed by atoms with Crippen LogP contribution in [0.15, 0.2) is 30.7 Å². The molecule has 124 valence electrons. The van der Waals surface area contributed by atoms with Crippen LogP contribution >= 0.6 is 0 Å². The molecule has 3 aromatic rings. The molecule has 8 nitrogen and oxygen atoms in total. The standard InChI is InChI=1S/C16H19N7O/c1-24-15-3-2-14-19-20-16(23(14)21-15)12-5-8-22(9-6-12)10-13-4-7-17-11-18-13/h2-4,7,11-12H,5-6,8-10H2,1H3. The monoisotopic (exact) mass is 325 g/mol. The minimum absolute atomic E-state index is 0.362. The van der Waals surface area contributed by atoms with Crippen molar-refractivity contribution in [2.75, 3.05) is 20.2 Å². The molecule has 0 amide bonds. The molecule has 1 aliphatic rings. The topological polar surface area (TPSA) is 81.3 Å². The lowest BCUT2D eigenvalue weighted by atomic mass is 9.96. The van der Waals surface area contributed by atoms with Crippen molar-refractivity contribution >= 4 is 5.65 Å². The fraction of sp³-hybridized carbons (Fsp3) is 0.438. The van der Waals surface area contributed by atoms with E-state index in [1.54, 1.807) is 25.7 Å². The summed E-state index contributed by atoms with van der Waals surface area (Å²) in [5.41, 5.74) is 1.82. The SMILES string of the molecule is COc1ccc2nnc(C3CCN(Cc4ccncn4)CC3)n2n1. The molecule has 0 atom stereocenters. The number of hydrogen-bond donors (Lipinski definition) is 0. The van der Waals surface area contributed by atoms with Gasteiger partial charge in [0.1, 0.15) is 6.33 Å². The normalized spacial score (nSPS) is 16.5. The van der Waals surface area contributed by atoms with E-state index in [0.29, 0.717) is 11.8 Å². The van der Waals surface area contributed by atoms with Crippen molar-refractivity contribution in [3.8, 4) is 5.88 Å². The zero-order chi connectivity index (χ0) is 16.4. The average Bonchev–Trinajstić information content (AvgIpc) is 3.06. The lowest BCUT2D eigenvalue weighted by Crippen LogP contribution is -2.33. The first-order chi connectivity index (χ1) is 11.8. The Morgan fingerprint density at radius 2 is 2.04 bits per heavy atom. The largest absolute Gasteiger partial charge is 0.480 e. The number of piperidine rings is 1. The molecular weight excluding hydrogens is 306 g/mol. The predicted molar refractivity (Wildman–Crippen MR) is 86.6 cm³/mol. The van der Waals surface area contributed by atoms with Crippen LogP contribution in [0.5, 0.6) is 5.88 Å². The highest BCUT2D eigenvalue weighted by atomic mass is 16.5. The molecule has 0 saturated carbocycles. The van der Waals surface area contributed by atoms with E-state index in [9.17, 15) is 0 Å². The molecular formula is C16H19N7O. The Labute approximate surface area is 139 Å². The summed E-state index contributed by atoms with van der Waals surface area (Å²) in [5.74, 6) is 1.86. The van der Waals surface area contributed by atoms with Gasteiger partial charge >= 0.3 is 0 Å². The highest BCUT2D eigenvalue weighted by Gasteiger charge is 2.25. The third-order valence-corrected chi connectivity index (χ3v) is 4.45. The molecule has 0 bridgehead atoms. The molecule has 4 heterocycles. The van der Waals surface area contributed by atoms with Crippen LogP contribution < -0.4 is 4.74 Å². The quantitative estimate of drug-likeness (QED) is 0.715. The fourth-order valence-corrected chi connectivity index (χ4v) is 3.14. The number of rotatable bonds is 4. The highest BCUT2D eigenvalue weighted by molar-refractivity contribution is 5.38. The number of nitrogens with zero attached hydrogens (tertiary/aromatic N) is 7. The number of likely N-dealkylation sites (tertiary alicyclic amines) is 1. The van der Waals surface area contributed by atoms with Gasteiger partial charge in [-0.05, 0) is 38.1 Å². The highest BCUT2D eigenvalue weighted by Crippen LogP contribution is 2.27. The van der Waals surface area contributed by atoms with Gasteiger partial charge in [-0.25, -0.2) is 9.97 Å². The number of ether oxygens (including phenoxy) is 1. The number of methoxy groups -OCH3 is 1.